The lowest BCUT2D eigenvalue weighted by Gasteiger charge is -2.42. The Labute approximate surface area is 118 Å². The van der Waals surface area contributed by atoms with Gasteiger partial charge >= 0.3 is 5.97 Å². The highest BCUT2D eigenvalue weighted by atomic mass is 16.4. The van der Waals surface area contributed by atoms with Crippen molar-refractivity contribution in [2.24, 2.45) is 0 Å². The average molecular weight is 277 g/mol. The van der Waals surface area contributed by atoms with Crippen LogP contribution < -0.4 is 0 Å². The summed E-state index contributed by atoms with van der Waals surface area (Å²) >= 11 is 0. The molecule has 0 saturated carbocycles. The number of carboxylic acid groups (broad SMARTS) is 1. The van der Waals surface area contributed by atoms with Crippen LogP contribution in [0.15, 0.2) is 18.3 Å². The molecule has 1 N–H and O–H groups in total. The van der Waals surface area contributed by atoms with Crippen LogP contribution in [-0.4, -0.2) is 64.0 Å². The van der Waals surface area contributed by atoms with E-state index in [0.717, 1.165) is 0 Å². The SMILES string of the molecule is CC1CN(C(=O)c2ccc(C(=O)O)nc2)CC(C)N1C. The molecule has 2 unspecified atom stereocenters. The van der Waals surface area contributed by atoms with Crippen molar-refractivity contribution in [2.45, 2.75) is 25.9 Å². The summed E-state index contributed by atoms with van der Waals surface area (Å²) in [5, 5.41) is 8.80. The number of rotatable bonds is 2. The predicted molar refractivity (Wildman–Crippen MR) is 73.8 cm³/mol. The van der Waals surface area contributed by atoms with Gasteiger partial charge in [0.15, 0.2) is 0 Å². The van der Waals surface area contributed by atoms with E-state index < -0.39 is 5.97 Å². The highest BCUT2D eigenvalue weighted by Crippen LogP contribution is 2.16. The fraction of sp³-hybridized carbons (Fsp3) is 0.500. The number of aromatic nitrogens is 1. The van der Waals surface area contributed by atoms with E-state index in [1.54, 1.807) is 4.90 Å². The van der Waals surface area contributed by atoms with Gasteiger partial charge in [-0.25, -0.2) is 9.78 Å². The van der Waals surface area contributed by atoms with E-state index in [1.807, 2.05) is 0 Å². The van der Waals surface area contributed by atoms with Crippen LogP contribution in [0.2, 0.25) is 0 Å². The molecular weight excluding hydrogens is 258 g/mol. The number of piperazine rings is 1. The van der Waals surface area contributed by atoms with Crippen LogP contribution in [0, 0.1) is 0 Å². The van der Waals surface area contributed by atoms with E-state index in [9.17, 15) is 9.59 Å². The summed E-state index contributed by atoms with van der Waals surface area (Å²) in [7, 11) is 2.06. The number of likely N-dealkylation sites (N-methyl/N-ethyl adjacent to an activating group) is 1. The molecule has 108 valence electrons. The van der Waals surface area contributed by atoms with Gasteiger partial charge in [0.05, 0.1) is 5.56 Å². The van der Waals surface area contributed by atoms with E-state index in [4.69, 9.17) is 5.11 Å². The van der Waals surface area contributed by atoms with Crippen LogP contribution in [0.4, 0.5) is 0 Å². The number of carbonyl (C=O) groups is 2. The molecule has 0 bridgehead atoms. The molecule has 2 heterocycles. The van der Waals surface area contributed by atoms with E-state index in [-0.39, 0.29) is 11.6 Å². The Morgan fingerprint density at radius 1 is 1.25 bits per heavy atom. The lowest BCUT2D eigenvalue weighted by molar-refractivity contribution is 0.0413. The molecule has 1 aromatic rings. The van der Waals surface area contributed by atoms with Crippen molar-refractivity contribution < 1.29 is 14.7 Å². The molecule has 1 aliphatic rings. The Kier molecular flexibility index (Phi) is 4.04. The number of aromatic carboxylic acids is 1. The Morgan fingerprint density at radius 2 is 1.85 bits per heavy atom. The second-order valence-electron chi connectivity index (χ2n) is 5.31. The zero-order valence-corrected chi connectivity index (χ0v) is 11.9. The normalized spacial score (nSPS) is 23.6. The monoisotopic (exact) mass is 277 g/mol. The number of pyridine rings is 1. The first kappa shape index (κ1) is 14.5. The molecular formula is C14H19N3O3. The molecule has 6 heteroatoms. The van der Waals surface area contributed by atoms with Gasteiger partial charge in [0, 0.05) is 31.4 Å². The molecule has 0 aliphatic carbocycles. The minimum absolute atomic E-state index is 0.0540. The summed E-state index contributed by atoms with van der Waals surface area (Å²) in [5.41, 5.74) is 0.376. The van der Waals surface area contributed by atoms with Crippen LogP contribution in [0.5, 0.6) is 0 Å². The van der Waals surface area contributed by atoms with Crippen molar-refractivity contribution in [3.8, 4) is 0 Å². The van der Waals surface area contributed by atoms with Gasteiger partial charge in [-0.3, -0.25) is 9.69 Å². The van der Waals surface area contributed by atoms with Gasteiger partial charge in [-0.05, 0) is 33.0 Å². The molecule has 1 aromatic heterocycles. The predicted octanol–water partition coefficient (Wildman–Crippen LogP) is 0.944. The highest BCUT2D eigenvalue weighted by molar-refractivity contribution is 5.95. The zero-order chi connectivity index (χ0) is 14.9. The first-order valence-electron chi connectivity index (χ1n) is 6.60. The lowest BCUT2D eigenvalue weighted by atomic mass is 10.1. The smallest absolute Gasteiger partial charge is 0.354 e. The number of amides is 1. The van der Waals surface area contributed by atoms with Gasteiger partial charge in [-0.15, -0.1) is 0 Å². The minimum atomic E-state index is -1.09. The summed E-state index contributed by atoms with van der Waals surface area (Å²) in [4.78, 5) is 31.0. The van der Waals surface area contributed by atoms with Crippen molar-refractivity contribution in [3.63, 3.8) is 0 Å². The molecule has 1 saturated heterocycles. The maximum Gasteiger partial charge on any atom is 0.354 e. The van der Waals surface area contributed by atoms with Crippen LogP contribution in [-0.2, 0) is 0 Å². The van der Waals surface area contributed by atoms with Crippen molar-refractivity contribution in [2.75, 3.05) is 20.1 Å². The van der Waals surface area contributed by atoms with Crippen LogP contribution in [0.25, 0.3) is 0 Å². The average Bonchev–Trinajstić information content (AvgIpc) is 2.43. The summed E-state index contributed by atoms with van der Waals surface area (Å²) in [5.74, 6) is -1.19. The summed E-state index contributed by atoms with van der Waals surface area (Å²) < 4.78 is 0. The molecule has 1 fully saturated rings. The van der Waals surface area contributed by atoms with Gasteiger partial charge in [-0.2, -0.15) is 0 Å². The quantitative estimate of drug-likeness (QED) is 0.871. The maximum atomic E-state index is 12.4. The molecule has 2 rings (SSSR count). The Morgan fingerprint density at radius 3 is 2.30 bits per heavy atom. The third kappa shape index (κ3) is 2.80. The second-order valence-corrected chi connectivity index (χ2v) is 5.31. The maximum absolute atomic E-state index is 12.4. The second kappa shape index (κ2) is 5.58. The number of carboxylic acids is 1. The summed E-state index contributed by atoms with van der Waals surface area (Å²) in [6.45, 7) is 5.50. The molecule has 20 heavy (non-hydrogen) atoms. The third-order valence-electron chi connectivity index (χ3n) is 3.88. The number of hydrogen-bond donors (Lipinski definition) is 1. The first-order valence-corrected chi connectivity index (χ1v) is 6.60. The molecule has 2 atom stereocenters. The Hall–Kier alpha value is -1.95. The molecule has 0 radical (unpaired) electrons. The third-order valence-corrected chi connectivity index (χ3v) is 3.88. The van der Waals surface area contributed by atoms with Crippen LogP contribution in [0.1, 0.15) is 34.7 Å². The fourth-order valence-electron chi connectivity index (χ4n) is 2.40. The topological polar surface area (TPSA) is 73.7 Å². The molecule has 1 aliphatic heterocycles. The van der Waals surface area contributed by atoms with Crippen molar-refractivity contribution in [3.05, 3.63) is 29.6 Å². The number of carbonyl (C=O) groups excluding carboxylic acids is 1. The Balaban J connectivity index is 2.13. The lowest BCUT2D eigenvalue weighted by Crippen LogP contribution is -2.56. The van der Waals surface area contributed by atoms with E-state index in [0.29, 0.717) is 30.7 Å². The number of nitrogens with zero attached hydrogens (tertiary/aromatic N) is 3. The molecule has 0 aromatic carbocycles. The van der Waals surface area contributed by atoms with Crippen LogP contribution >= 0.6 is 0 Å². The van der Waals surface area contributed by atoms with E-state index >= 15 is 0 Å². The highest BCUT2D eigenvalue weighted by Gasteiger charge is 2.29. The van der Waals surface area contributed by atoms with Gasteiger partial charge < -0.3 is 10.0 Å². The van der Waals surface area contributed by atoms with Crippen molar-refractivity contribution in [1.29, 1.82) is 0 Å². The van der Waals surface area contributed by atoms with Crippen molar-refractivity contribution >= 4 is 11.9 Å². The van der Waals surface area contributed by atoms with Gasteiger partial charge in [0.1, 0.15) is 5.69 Å². The number of hydrogen-bond acceptors (Lipinski definition) is 4. The molecule has 6 nitrogen and oxygen atoms in total. The van der Waals surface area contributed by atoms with E-state index in [2.05, 4.69) is 30.8 Å². The zero-order valence-electron chi connectivity index (χ0n) is 11.9. The largest absolute Gasteiger partial charge is 0.477 e. The van der Waals surface area contributed by atoms with Gasteiger partial charge in [0.2, 0.25) is 0 Å². The van der Waals surface area contributed by atoms with Gasteiger partial charge in [-0.1, -0.05) is 0 Å². The van der Waals surface area contributed by atoms with Gasteiger partial charge in [0.25, 0.3) is 5.91 Å². The molecule has 0 spiro atoms. The first-order chi connectivity index (χ1) is 9.40. The minimum Gasteiger partial charge on any atom is -0.477 e. The standard InChI is InChI=1S/C14H19N3O3/c1-9-7-17(8-10(2)16(9)3)13(18)11-4-5-12(14(19)20)15-6-11/h4-6,9-10H,7-8H2,1-3H3,(H,19,20). The van der Waals surface area contributed by atoms with Crippen molar-refractivity contribution in [1.82, 2.24) is 14.8 Å². The van der Waals surface area contributed by atoms with Crippen LogP contribution in [0.3, 0.4) is 0 Å². The summed E-state index contributed by atoms with van der Waals surface area (Å²) in [6, 6.07) is 3.48. The molecule has 1 amide bonds. The summed E-state index contributed by atoms with van der Waals surface area (Å²) in [6.07, 6.45) is 1.33. The Bertz CT molecular complexity index is 503. The van der Waals surface area contributed by atoms with E-state index in [1.165, 1.54) is 18.3 Å². The fourth-order valence-corrected chi connectivity index (χ4v) is 2.40.